The number of fused-ring (bicyclic) bond motifs is 8. The minimum Gasteiger partial charge on any atom is -0.494 e. The van der Waals surface area contributed by atoms with Gasteiger partial charge in [-0.3, -0.25) is 4.98 Å². The summed E-state index contributed by atoms with van der Waals surface area (Å²) in [7, 11) is 0. The molecule has 4 rings (SSSR count). The maximum Gasteiger partial charge on any atom is 0.195 e. The molecule has 3 nitrogen and oxygen atoms in total. The molecule has 2 saturated carbocycles. The average Bonchev–Trinajstić information content (AvgIpc) is 2.58. The average molecular weight is 177 g/mol. The van der Waals surface area contributed by atoms with Gasteiger partial charge < -0.3 is 10.2 Å². The van der Waals surface area contributed by atoms with Gasteiger partial charge in [0.05, 0.1) is 0 Å². The van der Waals surface area contributed by atoms with E-state index in [0.29, 0.717) is 11.8 Å². The lowest BCUT2D eigenvalue weighted by molar-refractivity contribution is 0.414. The number of aromatic nitrogens is 1. The Balaban J connectivity index is 2.03. The maximum atomic E-state index is 9.59. The highest BCUT2D eigenvalue weighted by Gasteiger charge is 2.62. The number of aromatic hydroxyl groups is 2. The predicted molar refractivity (Wildman–Crippen MR) is 45.8 cm³/mol. The third kappa shape index (κ3) is 0.513. The zero-order valence-corrected chi connectivity index (χ0v) is 7.12. The van der Waals surface area contributed by atoms with Crippen molar-refractivity contribution in [2.75, 3.05) is 0 Å². The molecule has 1 aromatic heterocycles. The van der Waals surface area contributed by atoms with Crippen molar-refractivity contribution in [3.05, 3.63) is 11.1 Å². The zero-order valence-electron chi connectivity index (χ0n) is 7.12. The van der Waals surface area contributed by atoms with Crippen molar-refractivity contribution in [3.8, 4) is 11.8 Å². The minimum atomic E-state index is 0.213. The lowest BCUT2D eigenvalue weighted by atomic mass is 9.95. The Morgan fingerprint density at radius 2 is 1.46 bits per heavy atom. The van der Waals surface area contributed by atoms with Crippen molar-refractivity contribution in [2.24, 2.45) is 11.8 Å². The first-order valence-electron chi connectivity index (χ1n) is 4.91. The number of H-pyrrole nitrogens is 1. The second-order valence-electron chi connectivity index (χ2n) is 4.66. The number of hydrogen-bond acceptors (Lipinski definition) is 2. The first-order valence-corrected chi connectivity index (χ1v) is 4.91. The Hall–Kier alpha value is -1.12. The maximum absolute atomic E-state index is 9.59. The molecule has 4 atom stereocenters. The van der Waals surface area contributed by atoms with Crippen LogP contribution in [0.15, 0.2) is 0 Å². The molecule has 0 radical (unpaired) electrons. The molecular weight excluding hydrogens is 166 g/mol. The van der Waals surface area contributed by atoms with Crippen LogP contribution in [0.1, 0.15) is 35.8 Å². The van der Waals surface area contributed by atoms with Crippen molar-refractivity contribution in [3.63, 3.8) is 0 Å². The van der Waals surface area contributed by atoms with Gasteiger partial charge in [0.1, 0.15) is 0 Å². The number of rotatable bonds is 0. The summed E-state index contributed by atoms with van der Waals surface area (Å²) in [5.74, 6) is 3.15. The molecule has 0 aromatic carbocycles. The quantitative estimate of drug-likeness (QED) is 0.564. The van der Waals surface area contributed by atoms with E-state index in [1.165, 1.54) is 6.42 Å². The van der Waals surface area contributed by atoms with Crippen LogP contribution in [0.25, 0.3) is 0 Å². The van der Waals surface area contributed by atoms with Gasteiger partial charge in [-0.1, -0.05) is 0 Å². The zero-order chi connectivity index (χ0) is 8.74. The van der Waals surface area contributed by atoms with E-state index >= 15 is 0 Å². The van der Waals surface area contributed by atoms with Crippen molar-refractivity contribution < 1.29 is 10.2 Å². The lowest BCUT2D eigenvalue weighted by Crippen LogP contribution is -1.97. The molecule has 0 aliphatic heterocycles. The summed E-state index contributed by atoms with van der Waals surface area (Å²) >= 11 is 0. The third-order valence-corrected chi connectivity index (χ3v) is 4.21. The van der Waals surface area contributed by atoms with Gasteiger partial charge in [-0.25, -0.2) is 0 Å². The van der Waals surface area contributed by atoms with Crippen LogP contribution >= 0.6 is 0 Å². The second kappa shape index (κ2) is 1.59. The van der Waals surface area contributed by atoms with E-state index < -0.39 is 0 Å². The Kier molecular flexibility index (Phi) is 0.775. The smallest absolute Gasteiger partial charge is 0.195 e. The SMILES string of the molecule is Oc1[nH]c(O)c2c1C1CC2C2CC12. The minimum absolute atomic E-state index is 0.213. The molecule has 3 aliphatic carbocycles. The van der Waals surface area contributed by atoms with Gasteiger partial charge in [-0.2, -0.15) is 0 Å². The van der Waals surface area contributed by atoms with Crippen LogP contribution in [-0.4, -0.2) is 15.2 Å². The Bertz CT molecular complexity index is 375. The molecule has 2 bridgehead atoms. The van der Waals surface area contributed by atoms with Crippen molar-refractivity contribution >= 4 is 0 Å². The third-order valence-electron chi connectivity index (χ3n) is 4.21. The van der Waals surface area contributed by atoms with Gasteiger partial charge in [-0.15, -0.1) is 0 Å². The van der Waals surface area contributed by atoms with Gasteiger partial charge in [-0.05, 0) is 36.5 Å². The van der Waals surface area contributed by atoms with E-state index in [-0.39, 0.29) is 11.8 Å². The van der Waals surface area contributed by atoms with E-state index in [9.17, 15) is 10.2 Å². The highest BCUT2D eigenvalue weighted by molar-refractivity contribution is 5.56. The van der Waals surface area contributed by atoms with Gasteiger partial charge in [0.25, 0.3) is 0 Å². The standard InChI is InChI=1S/C10H11NO2/c12-9-7-5-2-6(4-1-3(4)5)8(7)10(13)11-9/h3-6,11-13H,1-2H2. The highest BCUT2D eigenvalue weighted by atomic mass is 16.3. The van der Waals surface area contributed by atoms with Crippen molar-refractivity contribution in [1.82, 2.24) is 4.98 Å². The molecule has 1 aromatic rings. The molecule has 68 valence electrons. The molecule has 3 heteroatoms. The second-order valence-corrected chi connectivity index (χ2v) is 4.66. The van der Waals surface area contributed by atoms with E-state index in [4.69, 9.17) is 0 Å². The summed E-state index contributed by atoms with van der Waals surface area (Å²) in [5, 5.41) is 19.2. The summed E-state index contributed by atoms with van der Waals surface area (Å²) < 4.78 is 0. The summed E-state index contributed by atoms with van der Waals surface area (Å²) in [6, 6.07) is 0. The normalized spacial score (nSPS) is 43.4. The molecule has 0 saturated heterocycles. The van der Waals surface area contributed by atoms with Crippen molar-refractivity contribution in [1.29, 1.82) is 0 Å². The Labute approximate surface area is 75.4 Å². The van der Waals surface area contributed by atoms with Gasteiger partial charge in [0.2, 0.25) is 0 Å². The summed E-state index contributed by atoms with van der Waals surface area (Å²) in [6.45, 7) is 0. The molecule has 0 amide bonds. The number of nitrogens with one attached hydrogen (secondary N) is 1. The molecule has 2 fully saturated rings. The number of aromatic amines is 1. The van der Waals surface area contributed by atoms with E-state index in [1.54, 1.807) is 0 Å². The molecule has 0 spiro atoms. The van der Waals surface area contributed by atoms with Gasteiger partial charge >= 0.3 is 0 Å². The fourth-order valence-electron chi connectivity index (χ4n) is 3.70. The highest BCUT2D eigenvalue weighted by Crippen LogP contribution is 2.73. The van der Waals surface area contributed by atoms with E-state index in [0.717, 1.165) is 29.4 Å². The fourth-order valence-corrected chi connectivity index (χ4v) is 3.70. The molecule has 3 aliphatic rings. The topological polar surface area (TPSA) is 56.2 Å². The molecule has 3 N–H and O–H groups in total. The first-order chi connectivity index (χ1) is 6.27. The van der Waals surface area contributed by atoms with Crippen LogP contribution < -0.4 is 0 Å². The monoisotopic (exact) mass is 177 g/mol. The first kappa shape index (κ1) is 6.35. The predicted octanol–water partition coefficient (Wildman–Crippen LogP) is 1.65. The van der Waals surface area contributed by atoms with Gasteiger partial charge in [0, 0.05) is 11.1 Å². The van der Waals surface area contributed by atoms with E-state index in [1.807, 2.05) is 0 Å². The fraction of sp³-hybridized carbons (Fsp3) is 0.600. The van der Waals surface area contributed by atoms with Crippen LogP contribution in [0.4, 0.5) is 0 Å². The Morgan fingerprint density at radius 3 is 2.00 bits per heavy atom. The summed E-state index contributed by atoms with van der Waals surface area (Å²) in [5.41, 5.74) is 2.06. The number of hydrogen-bond donors (Lipinski definition) is 3. The molecule has 4 unspecified atom stereocenters. The summed E-state index contributed by atoms with van der Waals surface area (Å²) in [4.78, 5) is 2.63. The molecule has 13 heavy (non-hydrogen) atoms. The van der Waals surface area contributed by atoms with Crippen LogP contribution in [0, 0.1) is 11.8 Å². The van der Waals surface area contributed by atoms with Crippen LogP contribution in [0.2, 0.25) is 0 Å². The molecular formula is C10H11NO2. The van der Waals surface area contributed by atoms with Crippen LogP contribution in [0.5, 0.6) is 11.8 Å². The molecule has 1 heterocycles. The lowest BCUT2D eigenvalue weighted by Gasteiger charge is -2.08. The Morgan fingerprint density at radius 1 is 0.923 bits per heavy atom. The van der Waals surface area contributed by atoms with Crippen LogP contribution in [-0.2, 0) is 0 Å². The summed E-state index contributed by atoms with van der Waals surface area (Å²) in [6.07, 6.45) is 2.47. The largest absolute Gasteiger partial charge is 0.494 e. The van der Waals surface area contributed by atoms with Gasteiger partial charge in [0.15, 0.2) is 11.8 Å². The van der Waals surface area contributed by atoms with Crippen LogP contribution in [0.3, 0.4) is 0 Å². The van der Waals surface area contributed by atoms with Crippen molar-refractivity contribution in [2.45, 2.75) is 24.7 Å². The van der Waals surface area contributed by atoms with E-state index in [2.05, 4.69) is 4.98 Å².